The van der Waals surface area contributed by atoms with Gasteiger partial charge in [0.25, 0.3) is 5.91 Å². The molecule has 174 valence electrons. The summed E-state index contributed by atoms with van der Waals surface area (Å²) in [5.41, 5.74) is 0.508. The van der Waals surface area contributed by atoms with E-state index < -0.39 is 18.6 Å². The SMILES string of the molecule is Cc1nc([C@]23CCN(C(=O)c4ccc(OCCOC(F)(F)F)c(Cl)c4)C[C@H]2OCO3)cs1. The van der Waals surface area contributed by atoms with Crippen LogP contribution in [0.4, 0.5) is 13.2 Å². The standard InChI is InChI=1S/C20H20ClF3N2O5S/c1-12-25-16(10-32-12)19-4-5-26(9-17(19)29-11-31-19)18(27)13-2-3-15(14(21)8-13)28-6-7-30-20(22,23)24/h2-3,8,10,17H,4-7,9,11H2,1H3/t17-,19-/m1/s1. The average Bonchev–Trinajstić information content (AvgIpc) is 3.37. The molecule has 32 heavy (non-hydrogen) atoms. The van der Waals surface area contributed by atoms with Crippen LogP contribution in [0.5, 0.6) is 5.75 Å². The molecule has 1 aromatic carbocycles. The molecular weight excluding hydrogens is 473 g/mol. The van der Waals surface area contributed by atoms with E-state index >= 15 is 0 Å². The van der Waals surface area contributed by atoms with E-state index in [1.54, 1.807) is 4.90 Å². The van der Waals surface area contributed by atoms with Crippen molar-refractivity contribution in [1.29, 1.82) is 0 Å². The maximum Gasteiger partial charge on any atom is 0.522 e. The molecular formula is C20H20ClF3N2O5S. The highest BCUT2D eigenvalue weighted by molar-refractivity contribution is 7.09. The number of thiazole rings is 1. The molecule has 0 spiro atoms. The van der Waals surface area contributed by atoms with Gasteiger partial charge in [-0.05, 0) is 25.1 Å². The third-order valence-electron chi connectivity index (χ3n) is 5.37. The lowest BCUT2D eigenvalue weighted by molar-refractivity contribution is -0.325. The van der Waals surface area contributed by atoms with Gasteiger partial charge in [-0.3, -0.25) is 9.53 Å². The summed E-state index contributed by atoms with van der Waals surface area (Å²) < 4.78 is 56.6. The minimum Gasteiger partial charge on any atom is -0.490 e. The first kappa shape index (κ1) is 23.2. The first-order valence-corrected chi connectivity index (χ1v) is 11.0. The Labute approximate surface area is 191 Å². The summed E-state index contributed by atoms with van der Waals surface area (Å²) in [6, 6.07) is 4.40. The summed E-state index contributed by atoms with van der Waals surface area (Å²) >= 11 is 7.70. The number of hydrogen-bond donors (Lipinski definition) is 0. The Morgan fingerprint density at radius 3 is 2.91 bits per heavy atom. The first-order valence-electron chi connectivity index (χ1n) is 9.78. The highest BCUT2D eigenvalue weighted by Crippen LogP contribution is 2.43. The van der Waals surface area contributed by atoms with Crippen LogP contribution in [0.3, 0.4) is 0 Å². The minimum absolute atomic E-state index is 0.118. The highest BCUT2D eigenvalue weighted by atomic mass is 35.5. The van der Waals surface area contributed by atoms with Crippen molar-refractivity contribution in [2.75, 3.05) is 33.1 Å². The van der Waals surface area contributed by atoms with Gasteiger partial charge in [0.15, 0.2) is 0 Å². The fourth-order valence-electron chi connectivity index (χ4n) is 3.83. The Morgan fingerprint density at radius 1 is 1.41 bits per heavy atom. The molecule has 4 rings (SSSR count). The fourth-order valence-corrected chi connectivity index (χ4v) is 4.75. The number of carbonyl (C=O) groups is 1. The fraction of sp³-hybridized carbons (Fsp3) is 0.500. The number of carbonyl (C=O) groups excluding carboxylic acids is 1. The van der Waals surface area contributed by atoms with Crippen LogP contribution in [0, 0.1) is 6.92 Å². The number of fused-ring (bicyclic) bond motifs is 1. The zero-order valence-electron chi connectivity index (χ0n) is 17.0. The summed E-state index contributed by atoms with van der Waals surface area (Å²) in [7, 11) is 0. The molecule has 0 unspecified atom stereocenters. The zero-order chi connectivity index (χ0) is 22.9. The molecule has 12 heteroatoms. The van der Waals surface area contributed by atoms with E-state index in [0.717, 1.165) is 10.7 Å². The molecule has 2 aliphatic heterocycles. The number of amides is 1. The molecule has 7 nitrogen and oxygen atoms in total. The van der Waals surface area contributed by atoms with Crippen molar-refractivity contribution >= 4 is 28.8 Å². The van der Waals surface area contributed by atoms with Gasteiger partial charge in [-0.2, -0.15) is 0 Å². The van der Waals surface area contributed by atoms with Gasteiger partial charge < -0.3 is 19.1 Å². The lowest BCUT2D eigenvalue weighted by Gasteiger charge is -2.40. The van der Waals surface area contributed by atoms with Gasteiger partial charge in [-0.1, -0.05) is 11.6 Å². The zero-order valence-corrected chi connectivity index (χ0v) is 18.6. The lowest BCUT2D eigenvalue weighted by atomic mass is 9.86. The maximum absolute atomic E-state index is 13.0. The predicted molar refractivity (Wildman–Crippen MR) is 109 cm³/mol. The smallest absolute Gasteiger partial charge is 0.490 e. The Bertz CT molecular complexity index is 988. The second-order valence-electron chi connectivity index (χ2n) is 7.35. The van der Waals surface area contributed by atoms with Crippen molar-refractivity contribution in [3.05, 3.63) is 44.9 Å². The first-order chi connectivity index (χ1) is 15.2. The number of piperidine rings is 1. The summed E-state index contributed by atoms with van der Waals surface area (Å²) in [6.07, 6.45) is -4.52. The number of aryl methyl sites for hydroxylation is 1. The van der Waals surface area contributed by atoms with Crippen LogP contribution in [0.1, 0.15) is 27.5 Å². The van der Waals surface area contributed by atoms with Crippen molar-refractivity contribution < 1.29 is 36.9 Å². The second-order valence-corrected chi connectivity index (χ2v) is 8.82. The number of hydrogen-bond acceptors (Lipinski definition) is 7. The number of ether oxygens (including phenoxy) is 4. The van der Waals surface area contributed by atoms with Crippen LogP contribution >= 0.6 is 22.9 Å². The van der Waals surface area contributed by atoms with Crippen LogP contribution in [-0.2, 0) is 19.8 Å². The number of alkyl halides is 3. The van der Waals surface area contributed by atoms with Gasteiger partial charge in [-0.25, -0.2) is 4.98 Å². The van der Waals surface area contributed by atoms with Crippen LogP contribution in [0.15, 0.2) is 23.6 Å². The summed E-state index contributed by atoms with van der Waals surface area (Å²) in [6.45, 7) is 1.84. The van der Waals surface area contributed by atoms with Crippen LogP contribution < -0.4 is 4.74 Å². The van der Waals surface area contributed by atoms with E-state index in [1.807, 2.05) is 12.3 Å². The van der Waals surface area contributed by atoms with E-state index in [2.05, 4.69) is 9.72 Å². The van der Waals surface area contributed by atoms with Crippen LogP contribution in [0.25, 0.3) is 0 Å². The van der Waals surface area contributed by atoms with Crippen LogP contribution in [-0.4, -0.2) is 61.4 Å². The summed E-state index contributed by atoms with van der Waals surface area (Å²) in [5.74, 6) is -0.0736. The Hall–Kier alpha value is -1.92. The minimum atomic E-state index is -4.72. The molecule has 0 bridgehead atoms. The molecule has 2 fully saturated rings. The molecule has 1 amide bonds. The monoisotopic (exact) mass is 492 g/mol. The van der Waals surface area contributed by atoms with Gasteiger partial charge in [0, 0.05) is 23.9 Å². The van der Waals surface area contributed by atoms with Crippen LogP contribution in [0.2, 0.25) is 5.02 Å². The second kappa shape index (κ2) is 9.14. The molecule has 3 heterocycles. The van der Waals surface area contributed by atoms with Crippen molar-refractivity contribution in [1.82, 2.24) is 9.88 Å². The maximum atomic E-state index is 13.0. The molecule has 0 aliphatic carbocycles. The van der Waals surface area contributed by atoms with Gasteiger partial charge in [0.1, 0.15) is 30.9 Å². The third kappa shape index (κ3) is 4.86. The van der Waals surface area contributed by atoms with Gasteiger partial charge in [0.05, 0.1) is 28.9 Å². The lowest BCUT2D eigenvalue weighted by Crippen LogP contribution is -2.53. The van der Waals surface area contributed by atoms with Crippen molar-refractivity contribution in [3.8, 4) is 5.75 Å². The van der Waals surface area contributed by atoms with E-state index in [4.69, 9.17) is 25.8 Å². The van der Waals surface area contributed by atoms with E-state index in [9.17, 15) is 18.0 Å². The molecule has 2 saturated heterocycles. The predicted octanol–water partition coefficient (Wildman–Crippen LogP) is 4.13. The van der Waals surface area contributed by atoms with Gasteiger partial charge >= 0.3 is 6.36 Å². The number of halogens is 4. The number of nitrogens with zero attached hydrogens (tertiary/aromatic N) is 2. The molecule has 1 aromatic heterocycles. The van der Waals surface area contributed by atoms with E-state index in [1.165, 1.54) is 29.5 Å². The molecule has 0 radical (unpaired) electrons. The van der Waals surface area contributed by atoms with Crippen molar-refractivity contribution in [2.45, 2.75) is 31.4 Å². The van der Waals surface area contributed by atoms with Crippen molar-refractivity contribution in [2.24, 2.45) is 0 Å². The quantitative estimate of drug-likeness (QED) is 0.565. The van der Waals surface area contributed by atoms with Gasteiger partial charge in [0.2, 0.25) is 0 Å². The van der Waals surface area contributed by atoms with Crippen molar-refractivity contribution in [3.63, 3.8) is 0 Å². The van der Waals surface area contributed by atoms with E-state index in [0.29, 0.717) is 25.1 Å². The summed E-state index contributed by atoms with van der Waals surface area (Å²) in [5, 5.41) is 3.02. The molecule has 0 saturated carbocycles. The number of rotatable bonds is 6. The molecule has 0 N–H and O–H groups in total. The molecule has 2 aliphatic rings. The van der Waals surface area contributed by atoms with E-state index in [-0.39, 0.29) is 36.2 Å². The largest absolute Gasteiger partial charge is 0.522 e. The van der Waals surface area contributed by atoms with Gasteiger partial charge in [-0.15, -0.1) is 24.5 Å². The third-order valence-corrected chi connectivity index (χ3v) is 6.44. The Balaban J connectivity index is 1.39. The average molecular weight is 493 g/mol. The summed E-state index contributed by atoms with van der Waals surface area (Å²) in [4.78, 5) is 19.3. The topological polar surface area (TPSA) is 70.1 Å². The normalized spacial score (nSPS) is 23.3. The highest BCUT2D eigenvalue weighted by Gasteiger charge is 2.52. The number of benzene rings is 1. The number of likely N-dealkylation sites (tertiary alicyclic amines) is 1. The molecule has 2 aromatic rings. The molecule has 2 atom stereocenters. The Kier molecular flexibility index (Phi) is 6.64. The number of aromatic nitrogens is 1. The Morgan fingerprint density at radius 2 is 2.22 bits per heavy atom.